The Bertz CT molecular complexity index is 2820. The predicted molar refractivity (Wildman–Crippen MR) is 263 cm³/mol. The molecule has 0 saturated carbocycles. The quantitative estimate of drug-likeness (QED) is 0.129. The second-order valence-electron chi connectivity index (χ2n) is 15.8. The van der Waals surface area contributed by atoms with Gasteiger partial charge in [-0.15, -0.1) is 0 Å². The van der Waals surface area contributed by atoms with Crippen molar-refractivity contribution in [2.24, 2.45) is 0 Å². The lowest BCUT2D eigenvalue weighted by Crippen LogP contribution is -2.10. The molecule has 9 aromatic carbocycles. The summed E-state index contributed by atoms with van der Waals surface area (Å²) in [6, 6.07) is 85.3. The van der Waals surface area contributed by atoms with Gasteiger partial charge in [0.25, 0.3) is 0 Å². The Morgan fingerprint density at radius 2 is 0.516 bits per heavy atom. The Morgan fingerprint density at radius 3 is 0.774 bits per heavy atom. The largest absolute Gasteiger partial charge is 0.311 e. The van der Waals surface area contributed by atoms with Crippen molar-refractivity contribution in [2.45, 2.75) is 12.3 Å². The fraction of sp³-hybridized carbons (Fsp3) is 0.0333. The number of hydrogen-bond acceptors (Lipinski definition) is 2. The highest BCUT2D eigenvalue weighted by molar-refractivity contribution is 5.83. The van der Waals surface area contributed by atoms with Crippen LogP contribution < -0.4 is 9.80 Å². The second kappa shape index (κ2) is 17.7. The molecular weight excluding hydrogens is 749 g/mol. The molecular formula is C60H46N2. The van der Waals surface area contributed by atoms with Crippen molar-refractivity contribution in [3.05, 3.63) is 266 Å². The summed E-state index contributed by atoms with van der Waals surface area (Å²) in [5.74, 6) is 0.408. The van der Waals surface area contributed by atoms with E-state index in [-0.39, 0.29) is 0 Å². The Balaban J connectivity index is 0.954. The van der Waals surface area contributed by atoms with Crippen molar-refractivity contribution in [1.29, 1.82) is 0 Å². The van der Waals surface area contributed by atoms with Gasteiger partial charge >= 0.3 is 0 Å². The van der Waals surface area contributed by atoms with Crippen molar-refractivity contribution >= 4 is 34.1 Å². The highest BCUT2D eigenvalue weighted by Gasteiger charge is 2.17. The molecule has 0 heterocycles. The minimum absolute atomic E-state index is 0.408. The van der Waals surface area contributed by atoms with Crippen LogP contribution in [0, 0.1) is 0 Å². The fourth-order valence-corrected chi connectivity index (χ4v) is 8.50. The summed E-state index contributed by atoms with van der Waals surface area (Å²) in [6.07, 6.45) is 9.87. The number of rotatable bonds is 11. The monoisotopic (exact) mass is 794 g/mol. The summed E-state index contributed by atoms with van der Waals surface area (Å²) in [4.78, 5) is 4.69. The van der Waals surface area contributed by atoms with E-state index in [0.717, 1.165) is 51.7 Å². The molecule has 1 aliphatic rings. The summed E-state index contributed by atoms with van der Waals surface area (Å²) in [6.45, 7) is 0. The SMILES string of the molecule is C1=CCC(c2ccc(N(c3ccc(-c4ccccc4)cc3)c3ccc(-c4ccc(N(c5ccc(-c6ccccc6)cc5)c5ccc(-c6ccccc6)cc5)cc4)cc3)cc2)C=C1. The summed E-state index contributed by atoms with van der Waals surface area (Å²) in [5.41, 5.74) is 17.5. The van der Waals surface area contributed by atoms with E-state index in [1.807, 2.05) is 0 Å². The van der Waals surface area contributed by atoms with Crippen LogP contribution in [-0.2, 0) is 0 Å². The van der Waals surface area contributed by atoms with Gasteiger partial charge in [-0.1, -0.05) is 188 Å². The van der Waals surface area contributed by atoms with Gasteiger partial charge in [0, 0.05) is 40.0 Å². The Morgan fingerprint density at radius 1 is 0.258 bits per heavy atom. The first-order valence-corrected chi connectivity index (χ1v) is 21.4. The van der Waals surface area contributed by atoms with Crippen LogP contribution in [0.2, 0.25) is 0 Å². The Hall–Kier alpha value is -7.94. The maximum absolute atomic E-state index is 2.35. The number of anilines is 6. The molecule has 1 atom stereocenters. The third kappa shape index (κ3) is 8.28. The third-order valence-corrected chi connectivity index (χ3v) is 11.8. The van der Waals surface area contributed by atoms with Gasteiger partial charge in [-0.25, -0.2) is 0 Å². The number of benzene rings is 9. The lowest BCUT2D eigenvalue weighted by Gasteiger charge is -2.27. The van der Waals surface area contributed by atoms with Crippen molar-refractivity contribution in [3.8, 4) is 44.5 Å². The molecule has 9 aromatic rings. The zero-order valence-electron chi connectivity index (χ0n) is 34.5. The summed E-state index contributed by atoms with van der Waals surface area (Å²) >= 11 is 0. The van der Waals surface area contributed by atoms with Crippen molar-refractivity contribution in [3.63, 3.8) is 0 Å². The molecule has 0 amide bonds. The van der Waals surface area contributed by atoms with Crippen LogP contribution in [0.1, 0.15) is 17.9 Å². The van der Waals surface area contributed by atoms with Crippen molar-refractivity contribution in [2.75, 3.05) is 9.80 Å². The van der Waals surface area contributed by atoms with E-state index in [1.54, 1.807) is 0 Å². The predicted octanol–water partition coefficient (Wildman–Crippen LogP) is 16.9. The Kier molecular flexibility index (Phi) is 10.9. The molecule has 0 aromatic heterocycles. The van der Waals surface area contributed by atoms with Crippen LogP contribution in [-0.4, -0.2) is 0 Å². The molecule has 0 bridgehead atoms. The standard InChI is InChI=1S/C60H46N2/c1-5-13-45(14-6-1)49-21-33-55(34-22-49)61(56-35-23-50(24-36-56)46-15-7-2-8-16-46)59-41-29-53(30-42-59)54-31-43-60(44-32-54)62(57-37-25-51(26-38-57)47-17-9-3-10-18-47)58-39-27-52(28-40-58)48-19-11-4-12-20-48/h1-19,21-44,48H,20H2. The summed E-state index contributed by atoms with van der Waals surface area (Å²) in [5, 5.41) is 0. The first-order valence-electron chi connectivity index (χ1n) is 21.4. The molecule has 1 aliphatic carbocycles. The molecule has 0 spiro atoms. The molecule has 0 radical (unpaired) electrons. The van der Waals surface area contributed by atoms with Crippen LogP contribution in [0.25, 0.3) is 44.5 Å². The number of hydrogen-bond donors (Lipinski definition) is 0. The minimum Gasteiger partial charge on any atom is -0.311 e. The van der Waals surface area contributed by atoms with E-state index in [2.05, 4.69) is 271 Å². The number of allylic oxidation sites excluding steroid dienone is 4. The van der Waals surface area contributed by atoms with Crippen LogP contribution in [0.4, 0.5) is 34.1 Å². The van der Waals surface area contributed by atoms with E-state index >= 15 is 0 Å². The van der Waals surface area contributed by atoms with E-state index in [9.17, 15) is 0 Å². The molecule has 62 heavy (non-hydrogen) atoms. The molecule has 10 rings (SSSR count). The average molecular weight is 795 g/mol. The first kappa shape index (κ1) is 38.3. The lowest BCUT2D eigenvalue weighted by molar-refractivity contribution is 0.854. The molecule has 1 unspecified atom stereocenters. The normalized spacial score (nSPS) is 13.1. The fourth-order valence-electron chi connectivity index (χ4n) is 8.50. The second-order valence-corrected chi connectivity index (χ2v) is 15.8. The van der Waals surface area contributed by atoms with Gasteiger partial charge in [0.1, 0.15) is 0 Å². The minimum atomic E-state index is 0.408. The lowest BCUT2D eigenvalue weighted by atomic mass is 9.92. The van der Waals surface area contributed by atoms with E-state index in [1.165, 1.54) is 38.9 Å². The topological polar surface area (TPSA) is 6.48 Å². The van der Waals surface area contributed by atoms with Crippen molar-refractivity contribution in [1.82, 2.24) is 0 Å². The zero-order chi connectivity index (χ0) is 41.5. The van der Waals surface area contributed by atoms with Crippen LogP contribution in [0.5, 0.6) is 0 Å². The molecule has 0 N–H and O–H groups in total. The van der Waals surface area contributed by atoms with Gasteiger partial charge in [-0.3, -0.25) is 0 Å². The van der Waals surface area contributed by atoms with Crippen LogP contribution >= 0.6 is 0 Å². The molecule has 0 aliphatic heterocycles. The third-order valence-electron chi connectivity index (χ3n) is 11.8. The number of nitrogens with zero attached hydrogens (tertiary/aromatic N) is 2. The zero-order valence-corrected chi connectivity index (χ0v) is 34.5. The van der Waals surface area contributed by atoms with Crippen LogP contribution in [0.3, 0.4) is 0 Å². The van der Waals surface area contributed by atoms with Gasteiger partial charge in [0.2, 0.25) is 0 Å². The molecule has 0 fully saturated rings. The Labute approximate surface area is 365 Å². The van der Waals surface area contributed by atoms with Gasteiger partial charge < -0.3 is 9.80 Å². The first-order chi connectivity index (χ1) is 30.7. The van der Waals surface area contributed by atoms with Gasteiger partial charge in [-0.05, 0) is 129 Å². The summed E-state index contributed by atoms with van der Waals surface area (Å²) in [7, 11) is 0. The summed E-state index contributed by atoms with van der Waals surface area (Å²) < 4.78 is 0. The smallest absolute Gasteiger partial charge is 0.0462 e. The highest BCUT2D eigenvalue weighted by Crippen LogP contribution is 2.40. The van der Waals surface area contributed by atoms with E-state index < -0.39 is 0 Å². The van der Waals surface area contributed by atoms with Crippen LogP contribution in [0.15, 0.2) is 261 Å². The van der Waals surface area contributed by atoms with Gasteiger partial charge in [0.15, 0.2) is 0 Å². The van der Waals surface area contributed by atoms with E-state index in [4.69, 9.17) is 0 Å². The molecule has 2 nitrogen and oxygen atoms in total. The van der Waals surface area contributed by atoms with Crippen molar-refractivity contribution < 1.29 is 0 Å². The molecule has 296 valence electrons. The maximum atomic E-state index is 2.35. The van der Waals surface area contributed by atoms with Gasteiger partial charge in [-0.2, -0.15) is 0 Å². The highest BCUT2D eigenvalue weighted by atomic mass is 15.1. The van der Waals surface area contributed by atoms with E-state index in [0.29, 0.717) is 5.92 Å². The molecule has 2 heteroatoms. The average Bonchev–Trinajstić information content (AvgIpc) is 3.36. The van der Waals surface area contributed by atoms with Gasteiger partial charge in [0.05, 0.1) is 0 Å². The molecule has 0 saturated heterocycles. The maximum Gasteiger partial charge on any atom is 0.0462 e.